The van der Waals surface area contributed by atoms with Crippen molar-refractivity contribution in [3.05, 3.63) is 0 Å². The number of hydrogen-bond donors (Lipinski definition) is 2. The monoisotopic (exact) mass is 341 g/mol. The minimum atomic E-state index is -3.17. The molecule has 1 aliphatic heterocycles. The molecule has 8 heteroatoms. The minimum Gasteiger partial charge on any atom is -0.341 e. The zero-order valence-corrected chi connectivity index (χ0v) is 14.7. The van der Waals surface area contributed by atoms with Gasteiger partial charge in [-0.15, -0.1) is 12.4 Å². The molecule has 0 spiro atoms. The molecule has 1 fully saturated rings. The Morgan fingerprint density at radius 3 is 2.29 bits per heavy atom. The van der Waals surface area contributed by atoms with Gasteiger partial charge in [0.2, 0.25) is 15.9 Å². The Labute approximate surface area is 134 Å². The maximum absolute atomic E-state index is 12.3. The molecule has 0 aromatic carbocycles. The normalized spacial score (nSPS) is 19.7. The Kier molecular flexibility index (Phi) is 8.17. The molecule has 1 aliphatic rings. The zero-order chi connectivity index (χ0) is 15.4. The van der Waals surface area contributed by atoms with Crippen LogP contribution in [0.15, 0.2) is 0 Å². The summed E-state index contributed by atoms with van der Waals surface area (Å²) in [6.07, 6.45) is 2.82. The van der Waals surface area contributed by atoms with Gasteiger partial charge in [0.15, 0.2) is 0 Å². The van der Waals surface area contributed by atoms with Gasteiger partial charge >= 0.3 is 0 Å². The summed E-state index contributed by atoms with van der Waals surface area (Å²) in [5.74, 6) is 0.0555. The largest absolute Gasteiger partial charge is 0.341 e. The highest BCUT2D eigenvalue weighted by molar-refractivity contribution is 7.89. The van der Waals surface area contributed by atoms with Crippen LogP contribution in [0, 0.1) is 0 Å². The van der Waals surface area contributed by atoms with E-state index in [1.807, 2.05) is 6.92 Å². The van der Waals surface area contributed by atoms with Crippen molar-refractivity contribution in [2.24, 2.45) is 5.73 Å². The number of nitrogens with one attached hydrogen (secondary N) is 1. The summed E-state index contributed by atoms with van der Waals surface area (Å²) in [5.41, 5.74) is 5.24. The fourth-order valence-electron chi connectivity index (χ4n) is 2.53. The summed E-state index contributed by atoms with van der Waals surface area (Å²) < 4.78 is 25.7. The molecule has 1 saturated heterocycles. The molecule has 6 nitrogen and oxygen atoms in total. The number of likely N-dealkylation sites (tertiary alicyclic amines) is 1. The molecule has 0 aliphatic carbocycles. The lowest BCUT2D eigenvalue weighted by molar-refractivity contribution is -0.137. The van der Waals surface area contributed by atoms with E-state index in [1.54, 1.807) is 18.7 Å². The van der Waals surface area contributed by atoms with Gasteiger partial charge in [-0.25, -0.2) is 13.1 Å². The number of carbonyl (C=O) groups is 1. The van der Waals surface area contributed by atoms with E-state index in [4.69, 9.17) is 5.73 Å². The van der Waals surface area contributed by atoms with Gasteiger partial charge in [0, 0.05) is 19.1 Å². The SMILES string of the molecule is CCCC(C)(N)C(=O)N1CCC(NS(=O)(=O)CC)CC1.Cl. The van der Waals surface area contributed by atoms with E-state index in [-0.39, 0.29) is 30.1 Å². The van der Waals surface area contributed by atoms with Gasteiger partial charge in [-0.2, -0.15) is 0 Å². The van der Waals surface area contributed by atoms with Crippen molar-refractivity contribution in [1.82, 2.24) is 9.62 Å². The highest BCUT2D eigenvalue weighted by Gasteiger charge is 2.34. The summed E-state index contributed by atoms with van der Waals surface area (Å²) in [5, 5.41) is 0. The number of hydrogen-bond acceptors (Lipinski definition) is 4. The summed E-state index contributed by atoms with van der Waals surface area (Å²) in [6.45, 7) is 6.51. The predicted molar refractivity (Wildman–Crippen MR) is 86.9 cm³/mol. The van der Waals surface area contributed by atoms with Crippen molar-refractivity contribution in [3.63, 3.8) is 0 Å². The molecule has 21 heavy (non-hydrogen) atoms. The van der Waals surface area contributed by atoms with Crippen LogP contribution >= 0.6 is 12.4 Å². The third-order valence-corrected chi connectivity index (χ3v) is 5.22. The van der Waals surface area contributed by atoms with E-state index >= 15 is 0 Å². The average Bonchev–Trinajstić information content (AvgIpc) is 2.38. The molecule has 0 aromatic rings. The van der Waals surface area contributed by atoms with Crippen LogP contribution in [-0.4, -0.2) is 49.6 Å². The molecule has 3 N–H and O–H groups in total. The average molecular weight is 342 g/mol. The molecule has 1 atom stereocenters. The quantitative estimate of drug-likeness (QED) is 0.749. The Morgan fingerprint density at radius 2 is 1.86 bits per heavy atom. The summed E-state index contributed by atoms with van der Waals surface area (Å²) in [6, 6.07) is -0.0702. The molecule has 1 unspecified atom stereocenters. The molecular weight excluding hydrogens is 314 g/mol. The maximum atomic E-state index is 12.3. The third kappa shape index (κ3) is 6.10. The van der Waals surface area contributed by atoms with Crippen molar-refractivity contribution in [2.75, 3.05) is 18.8 Å². The number of rotatable bonds is 6. The van der Waals surface area contributed by atoms with Crippen molar-refractivity contribution in [3.8, 4) is 0 Å². The number of halogens is 1. The van der Waals surface area contributed by atoms with E-state index in [0.29, 0.717) is 32.4 Å². The molecule has 0 aromatic heterocycles. The molecule has 1 rings (SSSR count). The molecule has 0 radical (unpaired) electrons. The first kappa shape index (κ1) is 20.6. The minimum absolute atomic E-state index is 0. The molecule has 0 bridgehead atoms. The second kappa shape index (κ2) is 8.31. The Hall–Kier alpha value is -0.370. The zero-order valence-electron chi connectivity index (χ0n) is 13.1. The van der Waals surface area contributed by atoms with Crippen LogP contribution in [-0.2, 0) is 14.8 Å². The van der Waals surface area contributed by atoms with E-state index in [0.717, 1.165) is 6.42 Å². The smallest absolute Gasteiger partial charge is 0.242 e. The Balaban J connectivity index is 0.00000400. The standard InChI is InChI=1S/C13H27N3O3S.ClH/c1-4-8-13(3,14)12(17)16-9-6-11(7-10-16)15-20(18,19)5-2;/h11,15H,4-10,14H2,1-3H3;1H. The lowest BCUT2D eigenvalue weighted by Gasteiger charge is -2.36. The van der Waals surface area contributed by atoms with Gasteiger partial charge in [0.1, 0.15) is 0 Å². The van der Waals surface area contributed by atoms with E-state index in [2.05, 4.69) is 4.72 Å². The first-order valence-electron chi connectivity index (χ1n) is 7.30. The fraction of sp³-hybridized carbons (Fsp3) is 0.923. The van der Waals surface area contributed by atoms with E-state index in [1.165, 1.54) is 0 Å². The number of nitrogens with two attached hydrogens (primary N) is 1. The van der Waals surface area contributed by atoms with Gasteiger partial charge in [-0.05, 0) is 33.1 Å². The number of piperidine rings is 1. The lowest BCUT2D eigenvalue weighted by atomic mass is 9.94. The highest BCUT2D eigenvalue weighted by atomic mass is 35.5. The van der Waals surface area contributed by atoms with Crippen LogP contribution < -0.4 is 10.5 Å². The summed E-state index contributed by atoms with van der Waals surface area (Å²) in [4.78, 5) is 14.1. The van der Waals surface area contributed by atoms with E-state index in [9.17, 15) is 13.2 Å². The van der Waals surface area contributed by atoms with Gasteiger partial charge in [0.05, 0.1) is 11.3 Å². The molecule has 1 heterocycles. The van der Waals surface area contributed by atoms with Crippen LogP contribution in [0.1, 0.15) is 46.5 Å². The van der Waals surface area contributed by atoms with Gasteiger partial charge in [0.25, 0.3) is 0 Å². The number of amides is 1. The van der Waals surface area contributed by atoms with Crippen molar-refractivity contribution in [2.45, 2.75) is 58.0 Å². The van der Waals surface area contributed by atoms with Crippen LogP contribution in [0.5, 0.6) is 0 Å². The van der Waals surface area contributed by atoms with Gasteiger partial charge in [-0.3, -0.25) is 4.79 Å². The van der Waals surface area contributed by atoms with Crippen molar-refractivity contribution >= 4 is 28.3 Å². The lowest BCUT2D eigenvalue weighted by Crippen LogP contribution is -2.56. The van der Waals surface area contributed by atoms with Crippen LogP contribution in [0.4, 0.5) is 0 Å². The topological polar surface area (TPSA) is 92.5 Å². The second-order valence-electron chi connectivity index (χ2n) is 5.76. The fourth-order valence-corrected chi connectivity index (χ4v) is 3.44. The van der Waals surface area contributed by atoms with Gasteiger partial charge in [-0.1, -0.05) is 13.3 Å². The third-order valence-electron chi connectivity index (χ3n) is 3.77. The number of carbonyl (C=O) groups excluding carboxylic acids is 1. The maximum Gasteiger partial charge on any atom is 0.242 e. The second-order valence-corrected chi connectivity index (χ2v) is 7.80. The first-order chi connectivity index (χ1) is 9.22. The molecule has 126 valence electrons. The predicted octanol–water partition coefficient (Wildman–Crippen LogP) is 0.856. The summed E-state index contributed by atoms with van der Waals surface area (Å²) in [7, 11) is -3.17. The molecular formula is C13H28ClN3O3S. The number of nitrogens with zero attached hydrogens (tertiary/aromatic N) is 1. The van der Waals surface area contributed by atoms with E-state index < -0.39 is 15.6 Å². The molecule has 0 saturated carbocycles. The van der Waals surface area contributed by atoms with Crippen molar-refractivity contribution in [1.29, 1.82) is 0 Å². The van der Waals surface area contributed by atoms with Gasteiger partial charge < -0.3 is 10.6 Å². The van der Waals surface area contributed by atoms with Crippen LogP contribution in [0.2, 0.25) is 0 Å². The van der Waals surface area contributed by atoms with Crippen LogP contribution in [0.25, 0.3) is 0 Å². The summed E-state index contributed by atoms with van der Waals surface area (Å²) >= 11 is 0. The Bertz CT molecular complexity index is 432. The van der Waals surface area contributed by atoms with Crippen molar-refractivity contribution < 1.29 is 13.2 Å². The highest BCUT2D eigenvalue weighted by Crippen LogP contribution is 2.18. The Morgan fingerprint density at radius 1 is 1.33 bits per heavy atom. The first-order valence-corrected chi connectivity index (χ1v) is 8.95. The number of sulfonamides is 1. The van der Waals surface area contributed by atoms with Crippen LogP contribution in [0.3, 0.4) is 0 Å². The molecule has 1 amide bonds.